The molecule has 1 aromatic rings. The number of hydrogen-bond acceptors (Lipinski definition) is 2. The van der Waals surface area contributed by atoms with Crippen molar-refractivity contribution in [3.05, 3.63) is 33.8 Å². The lowest BCUT2D eigenvalue weighted by Crippen LogP contribution is -2.45. The van der Waals surface area contributed by atoms with Gasteiger partial charge >= 0.3 is 0 Å². The van der Waals surface area contributed by atoms with Gasteiger partial charge in [-0.15, -0.1) is 24.0 Å². The van der Waals surface area contributed by atoms with E-state index in [9.17, 15) is 4.79 Å². The quantitative estimate of drug-likeness (QED) is 0.372. The molecule has 2 rings (SSSR count). The molecule has 1 heterocycles. The van der Waals surface area contributed by atoms with E-state index in [1.807, 2.05) is 30.0 Å². The summed E-state index contributed by atoms with van der Waals surface area (Å²) in [5.41, 5.74) is 0.935. The van der Waals surface area contributed by atoms with Crippen LogP contribution in [0.5, 0.6) is 0 Å². The smallest absolute Gasteiger partial charge is 0.222 e. The van der Waals surface area contributed by atoms with Crippen molar-refractivity contribution in [2.24, 2.45) is 4.99 Å². The third-order valence-electron chi connectivity index (χ3n) is 4.14. The second kappa shape index (κ2) is 11.1. The lowest BCUT2D eigenvalue weighted by Gasteiger charge is -2.19. The number of halogens is 3. The fourth-order valence-corrected chi connectivity index (χ4v) is 3.38. The zero-order valence-electron chi connectivity index (χ0n) is 14.5. The Labute approximate surface area is 176 Å². The van der Waals surface area contributed by atoms with E-state index in [-0.39, 0.29) is 35.9 Å². The van der Waals surface area contributed by atoms with Crippen LogP contribution in [0.4, 0.5) is 0 Å². The van der Waals surface area contributed by atoms with E-state index in [1.54, 1.807) is 7.05 Å². The summed E-state index contributed by atoms with van der Waals surface area (Å²) in [5.74, 6) is 0.935. The standard InChI is InChI=1S/C17H24Cl2N4O.HI/c1-3-16(24)23-10-8-12(11-23)22-17(20-2)21-9-7-13-14(18)5-4-6-15(13)19;/h4-6,12H,3,7-11H2,1-2H3,(H2,20,21,22);1H. The maximum Gasteiger partial charge on any atom is 0.222 e. The molecule has 8 heteroatoms. The number of likely N-dealkylation sites (tertiary alicyclic amines) is 1. The van der Waals surface area contributed by atoms with Gasteiger partial charge in [0.2, 0.25) is 5.91 Å². The summed E-state index contributed by atoms with van der Waals surface area (Å²) in [4.78, 5) is 17.9. The molecule has 1 aliphatic heterocycles. The van der Waals surface area contributed by atoms with Crippen LogP contribution in [0.25, 0.3) is 0 Å². The van der Waals surface area contributed by atoms with Crippen molar-refractivity contribution in [2.45, 2.75) is 32.2 Å². The van der Waals surface area contributed by atoms with Crippen LogP contribution >= 0.6 is 47.2 Å². The molecule has 0 aliphatic carbocycles. The maximum absolute atomic E-state index is 11.7. The van der Waals surface area contributed by atoms with Crippen molar-refractivity contribution in [3.8, 4) is 0 Å². The summed E-state index contributed by atoms with van der Waals surface area (Å²) in [6.07, 6.45) is 2.20. The van der Waals surface area contributed by atoms with Gasteiger partial charge < -0.3 is 15.5 Å². The van der Waals surface area contributed by atoms with Gasteiger partial charge in [-0.2, -0.15) is 0 Å². The first-order valence-corrected chi connectivity index (χ1v) is 8.98. The van der Waals surface area contributed by atoms with Gasteiger partial charge in [-0.3, -0.25) is 9.79 Å². The minimum Gasteiger partial charge on any atom is -0.356 e. The highest BCUT2D eigenvalue weighted by atomic mass is 127. The number of amides is 1. The Kier molecular flexibility index (Phi) is 9.89. The number of hydrogen-bond donors (Lipinski definition) is 2. The highest BCUT2D eigenvalue weighted by molar-refractivity contribution is 14.0. The predicted octanol–water partition coefficient (Wildman–Crippen LogP) is 3.33. The molecule has 140 valence electrons. The van der Waals surface area contributed by atoms with Crippen molar-refractivity contribution in [1.29, 1.82) is 0 Å². The average molecular weight is 499 g/mol. The highest BCUT2D eigenvalue weighted by Gasteiger charge is 2.25. The Morgan fingerprint density at radius 3 is 2.64 bits per heavy atom. The van der Waals surface area contributed by atoms with E-state index >= 15 is 0 Å². The largest absolute Gasteiger partial charge is 0.356 e. The summed E-state index contributed by atoms with van der Waals surface area (Å²) in [6, 6.07) is 5.75. The molecular weight excluding hydrogens is 474 g/mol. The summed E-state index contributed by atoms with van der Waals surface area (Å²) in [5, 5.41) is 8.00. The molecule has 2 N–H and O–H groups in total. The molecule has 0 bridgehead atoms. The Bertz CT molecular complexity index is 592. The normalized spacial score (nSPS) is 17.2. The van der Waals surface area contributed by atoms with Gasteiger partial charge in [-0.05, 0) is 30.5 Å². The number of nitrogens with zero attached hydrogens (tertiary/aromatic N) is 2. The van der Waals surface area contributed by atoms with Crippen molar-refractivity contribution < 1.29 is 4.79 Å². The van der Waals surface area contributed by atoms with Gasteiger partial charge in [-0.1, -0.05) is 36.2 Å². The molecule has 0 radical (unpaired) electrons. The van der Waals surface area contributed by atoms with Gasteiger partial charge in [-0.25, -0.2) is 0 Å². The Morgan fingerprint density at radius 1 is 1.36 bits per heavy atom. The van der Waals surface area contributed by atoms with E-state index in [2.05, 4.69) is 15.6 Å². The Balaban J connectivity index is 0.00000312. The fraction of sp³-hybridized carbons (Fsp3) is 0.529. The molecule has 1 saturated heterocycles. The summed E-state index contributed by atoms with van der Waals surface area (Å²) in [7, 11) is 1.74. The third-order valence-corrected chi connectivity index (χ3v) is 4.85. The number of aliphatic imine (C=N–C) groups is 1. The third kappa shape index (κ3) is 6.49. The highest BCUT2D eigenvalue weighted by Crippen LogP contribution is 2.24. The average Bonchev–Trinajstić information content (AvgIpc) is 3.04. The molecule has 1 aromatic carbocycles. The summed E-state index contributed by atoms with van der Waals surface area (Å²) < 4.78 is 0. The second-order valence-electron chi connectivity index (χ2n) is 5.77. The number of guanidine groups is 1. The van der Waals surface area contributed by atoms with Crippen LogP contribution in [0.3, 0.4) is 0 Å². The number of nitrogens with one attached hydrogen (secondary N) is 2. The molecular formula is C17H25Cl2IN4O. The van der Waals surface area contributed by atoms with Crippen molar-refractivity contribution in [2.75, 3.05) is 26.7 Å². The first-order valence-electron chi connectivity index (χ1n) is 8.23. The van der Waals surface area contributed by atoms with Crippen molar-refractivity contribution in [1.82, 2.24) is 15.5 Å². The number of carbonyl (C=O) groups excluding carboxylic acids is 1. The van der Waals surface area contributed by atoms with Crippen molar-refractivity contribution >= 4 is 59.0 Å². The Hall–Kier alpha value is -0.730. The van der Waals surface area contributed by atoms with Crippen LogP contribution < -0.4 is 10.6 Å². The molecule has 25 heavy (non-hydrogen) atoms. The van der Waals surface area contributed by atoms with Crippen LogP contribution in [-0.2, 0) is 11.2 Å². The molecule has 5 nitrogen and oxygen atoms in total. The number of carbonyl (C=O) groups is 1. The van der Waals surface area contributed by atoms with Gasteiger partial charge in [0, 0.05) is 49.2 Å². The molecule has 0 aromatic heterocycles. The summed E-state index contributed by atoms with van der Waals surface area (Å²) in [6.45, 7) is 4.09. The van der Waals surface area contributed by atoms with Gasteiger partial charge in [0.05, 0.1) is 0 Å². The van der Waals surface area contributed by atoms with E-state index in [0.29, 0.717) is 29.4 Å². The topological polar surface area (TPSA) is 56.7 Å². The Morgan fingerprint density at radius 2 is 2.04 bits per heavy atom. The van der Waals surface area contributed by atoms with Crippen LogP contribution in [0.2, 0.25) is 10.0 Å². The van der Waals surface area contributed by atoms with E-state index in [4.69, 9.17) is 23.2 Å². The van der Waals surface area contributed by atoms with Crippen LogP contribution in [-0.4, -0.2) is 49.5 Å². The van der Waals surface area contributed by atoms with Crippen LogP contribution in [0.15, 0.2) is 23.2 Å². The van der Waals surface area contributed by atoms with Crippen molar-refractivity contribution in [3.63, 3.8) is 0 Å². The lowest BCUT2D eigenvalue weighted by atomic mass is 10.1. The lowest BCUT2D eigenvalue weighted by molar-refractivity contribution is -0.129. The van der Waals surface area contributed by atoms with Crippen LogP contribution in [0.1, 0.15) is 25.3 Å². The first-order chi connectivity index (χ1) is 11.5. The minimum atomic E-state index is 0. The molecule has 0 spiro atoms. The van der Waals surface area contributed by atoms with E-state index < -0.39 is 0 Å². The zero-order chi connectivity index (χ0) is 17.5. The summed E-state index contributed by atoms with van der Waals surface area (Å²) >= 11 is 12.4. The molecule has 1 amide bonds. The monoisotopic (exact) mass is 498 g/mol. The van der Waals surface area contributed by atoms with Gasteiger partial charge in [0.25, 0.3) is 0 Å². The minimum absolute atomic E-state index is 0. The number of benzene rings is 1. The zero-order valence-corrected chi connectivity index (χ0v) is 18.4. The molecule has 1 unspecified atom stereocenters. The molecule has 1 aliphatic rings. The first kappa shape index (κ1) is 22.3. The number of rotatable bonds is 5. The SMILES string of the molecule is CCC(=O)N1CCC(NC(=NC)NCCc2c(Cl)cccc2Cl)C1.I. The van der Waals surface area contributed by atoms with E-state index in [0.717, 1.165) is 31.0 Å². The fourth-order valence-electron chi connectivity index (χ4n) is 2.79. The van der Waals surface area contributed by atoms with E-state index in [1.165, 1.54) is 0 Å². The van der Waals surface area contributed by atoms with Crippen LogP contribution in [0, 0.1) is 0 Å². The predicted molar refractivity (Wildman–Crippen MR) is 115 cm³/mol. The maximum atomic E-state index is 11.7. The van der Waals surface area contributed by atoms with Gasteiger partial charge in [0.1, 0.15) is 0 Å². The molecule has 1 fully saturated rings. The molecule has 0 saturated carbocycles. The second-order valence-corrected chi connectivity index (χ2v) is 6.59. The van der Waals surface area contributed by atoms with Gasteiger partial charge in [0.15, 0.2) is 5.96 Å². The molecule has 1 atom stereocenters.